The average Bonchev–Trinajstić information content (AvgIpc) is 2.99. The molecule has 8 heteroatoms. The van der Waals surface area contributed by atoms with Crippen LogP contribution in [0.3, 0.4) is 0 Å². The summed E-state index contributed by atoms with van der Waals surface area (Å²) in [6, 6.07) is 6.11. The van der Waals surface area contributed by atoms with E-state index in [9.17, 15) is 0 Å². The lowest BCUT2D eigenvalue weighted by Crippen LogP contribution is -2.37. The van der Waals surface area contributed by atoms with E-state index in [0.717, 1.165) is 54.1 Å². The van der Waals surface area contributed by atoms with Crippen molar-refractivity contribution in [3.63, 3.8) is 0 Å². The van der Waals surface area contributed by atoms with Crippen LogP contribution >= 0.6 is 35.3 Å². The first-order valence-electron chi connectivity index (χ1n) is 9.24. The standard InChI is InChI=1S/C20H30N4O2S.HI/c1-6-26-18-12-16(9-10-17(18)25-5)8-7-11-22-20(21-4)23-13-19-14(2)24-15(3)27-19;/h9-10,12H,6-8,11,13H2,1-5H3,(H2,21,22,23);1H. The third-order valence-corrected chi connectivity index (χ3v) is 5.17. The topological polar surface area (TPSA) is 67.8 Å². The molecular weight excluding hydrogens is 487 g/mol. The van der Waals surface area contributed by atoms with Crippen molar-refractivity contribution in [1.29, 1.82) is 0 Å². The van der Waals surface area contributed by atoms with Crippen LogP contribution in [0.4, 0.5) is 0 Å². The number of guanidine groups is 1. The Kier molecular flexibility index (Phi) is 11.2. The summed E-state index contributed by atoms with van der Waals surface area (Å²) in [4.78, 5) is 9.99. The van der Waals surface area contributed by atoms with Crippen molar-refractivity contribution < 1.29 is 9.47 Å². The Morgan fingerprint density at radius 1 is 1.21 bits per heavy atom. The Bertz CT molecular complexity index is 765. The zero-order valence-corrected chi connectivity index (χ0v) is 20.4. The van der Waals surface area contributed by atoms with Gasteiger partial charge in [-0.1, -0.05) is 6.07 Å². The van der Waals surface area contributed by atoms with Crippen LogP contribution in [0.1, 0.15) is 34.5 Å². The number of hydrogen-bond donors (Lipinski definition) is 2. The monoisotopic (exact) mass is 518 g/mol. The molecule has 0 fully saturated rings. The molecule has 0 atom stereocenters. The van der Waals surface area contributed by atoms with Crippen LogP contribution in [-0.4, -0.2) is 38.3 Å². The Hall–Kier alpha value is -1.55. The number of benzene rings is 1. The van der Waals surface area contributed by atoms with Crippen molar-refractivity contribution in [1.82, 2.24) is 15.6 Å². The van der Waals surface area contributed by atoms with Crippen molar-refractivity contribution in [3.05, 3.63) is 39.3 Å². The Morgan fingerprint density at radius 3 is 2.61 bits per heavy atom. The Morgan fingerprint density at radius 2 is 2.00 bits per heavy atom. The van der Waals surface area contributed by atoms with E-state index in [2.05, 4.69) is 32.7 Å². The molecule has 0 saturated carbocycles. The van der Waals surface area contributed by atoms with Gasteiger partial charge in [-0.25, -0.2) is 4.98 Å². The molecular formula is C20H31IN4O2S. The number of ether oxygens (including phenoxy) is 2. The molecule has 0 bridgehead atoms. The number of nitrogens with one attached hydrogen (secondary N) is 2. The zero-order valence-electron chi connectivity index (χ0n) is 17.3. The fraction of sp³-hybridized carbons (Fsp3) is 0.500. The number of aromatic nitrogens is 1. The third-order valence-electron chi connectivity index (χ3n) is 4.10. The number of rotatable bonds is 9. The molecule has 0 aliphatic heterocycles. The number of aryl methyl sites for hydroxylation is 3. The largest absolute Gasteiger partial charge is 0.493 e. The summed E-state index contributed by atoms with van der Waals surface area (Å²) >= 11 is 1.72. The number of aliphatic imine (C=N–C) groups is 1. The lowest BCUT2D eigenvalue weighted by atomic mass is 10.1. The van der Waals surface area contributed by atoms with E-state index in [0.29, 0.717) is 6.61 Å². The molecule has 0 saturated heterocycles. The first kappa shape index (κ1) is 24.5. The average molecular weight is 518 g/mol. The second kappa shape index (κ2) is 12.8. The van der Waals surface area contributed by atoms with Crippen molar-refractivity contribution in [3.8, 4) is 11.5 Å². The molecule has 28 heavy (non-hydrogen) atoms. The van der Waals surface area contributed by atoms with E-state index >= 15 is 0 Å². The molecule has 2 N–H and O–H groups in total. The van der Waals surface area contributed by atoms with E-state index in [-0.39, 0.29) is 24.0 Å². The van der Waals surface area contributed by atoms with Crippen LogP contribution in [-0.2, 0) is 13.0 Å². The van der Waals surface area contributed by atoms with E-state index in [1.165, 1.54) is 10.4 Å². The van der Waals surface area contributed by atoms with E-state index in [4.69, 9.17) is 9.47 Å². The number of methoxy groups -OCH3 is 1. The Balaban J connectivity index is 0.00000392. The maximum Gasteiger partial charge on any atom is 0.191 e. The van der Waals surface area contributed by atoms with Gasteiger partial charge in [-0.15, -0.1) is 35.3 Å². The minimum atomic E-state index is 0. The van der Waals surface area contributed by atoms with Gasteiger partial charge < -0.3 is 20.1 Å². The van der Waals surface area contributed by atoms with Crippen LogP contribution in [0, 0.1) is 13.8 Å². The molecule has 1 aromatic heterocycles. The summed E-state index contributed by atoms with van der Waals surface area (Å²) in [7, 11) is 3.45. The molecule has 2 aromatic rings. The second-order valence-electron chi connectivity index (χ2n) is 6.12. The van der Waals surface area contributed by atoms with Gasteiger partial charge in [-0.2, -0.15) is 0 Å². The molecule has 0 amide bonds. The van der Waals surface area contributed by atoms with Gasteiger partial charge in [0.25, 0.3) is 0 Å². The van der Waals surface area contributed by atoms with Gasteiger partial charge in [0.05, 0.1) is 31.0 Å². The molecule has 0 aliphatic rings. The predicted octanol–water partition coefficient (Wildman–Crippen LogP) is 4.08. The van der Waals surface area contributed by atoms with Crippen LogP contribution in [0.5, 0.6) is 11.5 Å². The highest BCUT2D eigenvalue weighted by atomic mass is 127. The smallest absolute Gasteiger partial charge is 0.191 e. The quantitative estimate of drug-likeness (QED) is 0.227. The molecule has 6 nitrogen and oxygen atoms in total. The number of nitrogens with zero attached hydrogens (tertiary/aromatic N) is 2. The maximum absolute atomic E-state index is 5.64. The summed E-state index contributed by atoms with van der Waals surface area (Å²) < 4.78 is 11.0. The zero-order chi connectivity index (χ0) is 19.6. The van der Waals surface area contributed by atoms with Gasteiger partial charge in [0.15, 0.2) is 17.5 Å². The molecule has 0 unspecified atom stereocenters. The highest BCUT2D eigenvalue weighted by Gasteiger charge is 2.07. The first-order chi connectivity index (χ1) is 13.1. The number of hydrogen-bond acceptors (Lipinski definition) is 5. The van der Waals surface area contributed by atoms with Crippen molar-refractivity contribution >= 4 is 41.3 Å². The van der Waals surface area contributed by atoms with Crippen molar-refractivity contribution in [2.24, 2.45) is 4.99 Å². The predicted molar refractivity (Wildman–Crippen MR) is 128 cm³/mol. The summed E-state index contributed by atoms with van der Waals surface area (Å²) in [6.45, 7) is 8.27. The molecule has 1 aromatic carbocycles. The van der Waals surface area contributed by atoms with Gasteiger partial charge in [0, 0.05) is 18.5 Å². The van der Waals surface area contributed by atoms with Gasteiger partial charge >= 0.3 is 0 Å². The maximum atomic E-state index is 5.64. The molecule has 2 rings (SSSR count). The molecule has 0 aliphatic carbocycles. The molecule has 0 radical (unpaired) electrons. The summed E-state index contributed by atoms with van der Waals surface area (Å²) in [5.41, 5.74) is 2.32. The highest BCUT2D eigenvalue weighted by Crippen LogP contribution is 2.28. The summed E-state index contributed by atoms with van der Waals surface area (Å²) in [5, 5.41) is 7.81. The fourth-order valence-electron chi connectivity index (χ4n) is 2.77. The van der Waals surface area contributed by atoms with E-state index < -0.39 is 0 Å². The molecule has 0 spiro atoms. The van der Waals surface area contributed by atoms with E-state index in [1.54, 1.807) is 25.5 Å². The number of thiazole rings is 1. The summed E-state index contributed by atoms with van der Waals surface area (Å²) in [5.74, 6) is 2.39. The lowest BCUT2D eigenvalue weighted by Gasteiger charge is -2.13. The highest BCUT2D eigenvalue weighted by molar-refractivity contribution is 14.0. The fourth-order valence-corrected chi connectivity index (χ4v) is 3.64. The number of halogens is 1. The van der Waals surface area contributed by atoms with Crippen molar-refractivity contribution in [2.45, 2.75) is 40.2 Å². The SMILES string of the molecule is CCOc1cc(CCCNC(=NC)NCc2sc(C)nc2C)ccc1OC.I. The molecule has 156 valence electrons. The van der Waals surface area contributed by atoms with Crippen LogP contribution < -0.4 is 20.1 Å². The van der Waals surface area contributed by atoms with Gasteiger partial charge in [0.1, 0.15) is 0 Å². The lowest BCUT2D eigenvalue weighted by molar-refractivity contribution is 0.310. The van der Waals surface area contributed by atoms with Crippen molar-refractivity contribution in [2.75, 3.05) is 27.3 Å². The van der Waals surface area contributed by atoms with Crippen LogP contribution in [0.15, 0.2) is 23.2 Å². The van der Waals surface area contributed by atoms with Crippen LogP contribution in [0.2, 0.25) is 0 Å². The first-order valence-corrected chi connectivity index (χ1v) is 10.1. The normalized spacial score (nSPS) is 11.0. The molecule has 1 heterocycles. The second-order valence-corrected chi connectivity index (χ2v) is 7.40. The minimum Gasteiger partial charge on any atom is -0.493 e. The van der Waals surface area contributed by atoms with Gasteiger partial charge in [-0.3, -0.25) is 4.99 Å². The van der Waals surface area contributed by atoms with Gasteiger partial charge in [-0.05, 0) is 51.3 Å². The Labute approximate surface area is 189 Å². The van der Waals surface area contributed by atoms with Crippen LogP contribution in [0.25, 0.3) is 0 Å². The summed E-state index contributed by atoms with van der Waals surface area (Å²) in [6.07, 6.45) is 1.96. The third kappa shape index (κ3) is 7.46. The van der Waals surface area contributed by atoms with E-state index in [1.807, 2.05) is 26.8 Å². The van der Waals surface area contributed by atoms with Gasteiger partial charge in [0.2, 0.25) is 0 Å². The minimum absolute atomic E-state index is 0.